The third-order valence-electron chi connectivity index (χ3n) is 1.68. The molecule has 0 amide bonds. The van der Waals surface area contributed by atoms with Gasteiger partial charge in [-0.2, -0.15) is 24.5 Å². The molecular weight excluding hydrogens is 215 g/mol. The third-order valence-corrected chi connectivity index (χ3v) is 2.38. The summed E-state index contributed by atoms with van der Waals surface area (Å²) in [5.41, 5.74) is 0.682. The summed E-state index contributed by atoms with van der Waals surface area (Å²) >= 11 is 1.38. The first-order valence-corrected chi connectivity index (χ1v) is 4.90. The second kappa shape index (κ2) is 4.77. The van der Waals surface area contributed by atoms with Gasteiger partial charge in [-0.3, -0.25) is 5.32 Å². The molecule has 0 saturated carbocycles. The molecule has 1 heterocycles. The summed E-state index contributed by atoms with van der Waals surface area (Å²) in [6.45, 7) is -1.43. The van der Waals surface area contributed by atoms with E-state index in [1.807, 2.05) is 0 Å². The zero-order valence-electron chi connectivity index (χ0n) is 7.21. The summed E-state index contributed by atoms with van der Waals surface area (Å²) in [5, 5.41) is 14.6. The molecule has 0 aliphatic carbocycles. The van der Waals surface area contributed by atoms with E-state index in [4.69, 9.17) is 5.11 Å². The van der Waals surface area contributed by atoms with E-state index in [9.17, 15) is 13.2 Å². The molecule has 0 spiro atoms. The molecule has 0 fully saturated rings. The predicted molar refractivity (Wildman–Crippen MR) is 48.2 cm³/mol. The van der Waals surface area contributed by atoms with Crippen LogP contribution in [-0.4, -0.2) is 24.4 Å². The monoisotopic (exact) mass is 225 g/mol. The Morgan fingerprint density at radius 2 is 2.21 bits per heavy atom. The van der Waals surface area contributed by atoms with Crippen molar-refractivity contribution in [1.82, 2.24) is 5.32 Å². The highest BCUT2D eigenvalue weighted by Crippen LogP contribution is 2.18. The van der Waals surface area contributed by atoms with Gasteiger partial charge in [0.2, 0.25) is 0 Å². The molecule has 1 aromatic rings. The Morgan fingerprint density at radius 1 is 1.50 bits per heavy atom. The Kier molecular flexibility index (Phi) is 3.91. The van der Waals surface area contributed by atoms with Crippen LogP contribution in [0.3, 0.4) is 0 Å². The standard InChI is InChI=1S/C8H10F3NOS/c9-8(10,11)5-12-7(3-13)6-1-2-14-4-6/h1-2,4,7,12-13H,3,5H2. The van der Waals surface area contributed by atoms with Crippen molar-refractivity contribution in [2.75, 3.05) is 13.2 Å². The second-order valence-electron chi connectivity index (χ2n) is 2.79. The first-order valence-electron chi connectivity index (χ1n) is 3.96. The minimum atomic E-state index is -4.25. The highest BCUT2D eigenvalue weighted by atomic mass is 32.1. The molecule has 14 heavy (non-hydrogen) atoms. The van der Waals surface area contributed by atoms with Gasteiger partial charge in [0, 0.05) is 0 Å². The Bertz CT molecular complexity index is 260. The zero-order valence-corrected chi connectivity index (χ0v) is 8.03. The van der Waals surface area contributed by atoms with Crippen LogP contribution < -0.4 is 5.32 Å². The lowest BCUT2D eigenvalue weighted by atomic mass is 10.1. The lowest BCUT2D eigenvalue weighted by Gasteiger charge is -2.16. The van der Waals surface area contributed by atoms with Gasteiger partial charge in [-0.1, -0.05) is 0 Å². The molecular formula is C8H10F3NOS. The van der Waals surface area contributed by atoms with Gasteiger partial charge in [-0.25, -0.2) is 0 Å². The molecule has 1 aromatic heterocycles. The number of halogens is 3. The fourth-order valence-corrected chi connectivity index (χ4v) is 1.71. The molecule has 0 aliphatic rings. The number of aliphatic hydroxyl groups is 1. The van der Waals surface area contributed by atoms with E-state index in [0.717, 1.165) is 0 Å². The second-order valence-corrected chi connectivity index (χ2v) is 3.57. The lowest BCUT2D eigenvalue weighted by molar-refractivity contribution is -0.126. The van der Waals surface area contributed by atoms with E-state index in [2.05, 4.69) is 5.32 Å². The maximum absolute atomic E-state index is 11.9. The first kappa shape index (κ1) is 11.5. The summed E-state index contributed by atoms with van der Waals surface area (Å²) in [6.07, 6.45) is -4.25. The van der Waals surface area contributed by atoms with Crippen molar-refractivity contribution in [2.24, 2.45) is 0 Å². The van der Waals surface area contributed by atoms with E-state index in [1.165, 1.54) is 11.3 Å². The molecule has 2 N–H and O–H groups in total. The molecule has 0 radical (unpaired) electrons. The van der Waals surface area contributed by atoms with Crippen molar-refractivity contribution in [3.05, 3.63) is 22.4 Å². The Morgan fingerprint density at radius 3 is 2.64 bits per heavy atom. The summed E-state index contributed by atoms with van der Waals surface area (Å²) in [7, 11) is 0. The summed E-state index contributed by atoms with van der Waals surface area (Å²) in [5.74, 6) is 0. The van der Waals surface area contributed by atoms with Gasteiger partial charge in [-0.05, 0) is 22.4 Å². The summed E-state index contributed by atoms with van der Waals surface area (Å²) < 4.78 is 35.6. The predicted octanol–water partition coefficient (Wildman–Crippen LogP) is 1.93. The summed E-state index contributed by atoms with van der Waals surface area (Å²) in [6, 6.07) is 1.05. The minimum absolute atomic E-state index is 0.340. The molecule has 0 saturated heterocycles. The normalized spacial score (nSPS) is 14.3. The van der Waals surface area contributed by atoms with Crippen LogP contribution >= 0.6 is 11.3 Å². The molecule has 0 bridgehead atoms. The average molecular weight is 225 g/mol. The van der Waals surface area contributed by atoms with E-state index >= 15 is 0 Å². The van der Waals surface area contributed by atoms with Crippen molar-refractivity contribution in [1.29, 1.82) is 0 Å². The molecule has 2 nitrogen and oxygen atoms in total. The van der Waals surface area contributed by atoms with Crippen LogP contribution in [0.15, 0.2) is 16.8 Å². The van der Waals surface area contributed by atoms with Crippen molar-refractivity contribution in [3.8, 4) is 0 Å². The van der Waals surface area contributed by atoms with Gasteiger partial charge in [0.1, 0.15) is 0 Å². The van der Waals surface area contributed by atoms with Crippen molar-refractivity contribution >= 4 is 11.3 Å². The number of hydrogen-bond acceptors (Lipinski definition) is 3. The van der Waals surface area contributed by atoms with Gasteiger partial charge in [-0.15, -0.1) is 0 Å². The maximum atomic E-state index is 11.9. The molecule has 1 unspecified atom stereocenters. The minimum Gasteiger partial charge on any atom is -0.394 e. The Balaban J connectivity index is 2.49. The molecule has 6 heteroatoms. The van der Waals surface area contributed by atoms with Gasteiger partial charge < -0.3 is 5.11 Å². The molecule has 1 rings (SSSR count). The molecule has 0 aliphatic heterocycles. The van der Waals surface area contributed by atoms with Gasteiger partial charge in [0.05, 0.1) is 19.2 Å². The van der Waals surface area contributed by atoms with Crippen LogP contribution in [0.5, 0.6) is 0 Å². The van der Waals surface area contributed by atoms with E-state index < -0.39 is 18.8 Å². The number of thiophene rings is 1. The fourth-order valence-electron chi connectivity index (χ4n) is 1.00. The smallest absolute Gasteiger partial charge is 0.394 e. The Hall–Kier alpha value is -0.590. The number of aliphatic hydroxyl groups excluding tert-OH is 1. The first-order chi connectivity index (χ1) is 6.53. The Labute approximate surface area is 83.4 Å². The van der Waals surface area contributed by atoms with E-state index in [-0.39, 0.29) is 6.61 Å². The van der Waals surface area contributed by atoms with Crippen molar-refractivity contribution in [2.45, 2.75) is 12.2 Å². The largest absolute Gasteiger partial charge is 0.401 e. The number of alkyl halides is 3. The third kappa shape index (κ3) is 3.65. The molecule has 80 valence electrons. The number of hydrogen-bond donors (Lipinski definition) is 2. The maximum Gasteiger partial charge on any atom is 0.401 e. The van der Waals surface area contributed by atoms with E-state index in [0.29, 0.717) is 5.56 Å². The molecule has 1 atom stereocenters. The van der Waals surface area contributed by atoms with Crippen LogP contribution in [-0.2, 0) is 0 Å². The van der Waals surface area contributed by atoms with Gasteiger partial charge in [0.15, 0.2) is 0 Å². The highest BCUT2D eigenvalue weighted by molar-refractivity contribution is 7.07. The van der Waals surface area contributed by atoms with Gasteiger partial charge >= 0.3 is 6.18 Å². The van der Waals surface area contributed by atoms with Crippen LogP contribution in [0.25, 0.3) is 0 Å². The zero-order chi connectivity index (χ0) is 10.6. The quantitative estimate of drug-likeness (QED) is 0.820. The topological polar surface area (TPSA) is 32.3 Å². The average Bonchev–Trinajstić information content (AvgIpc) is 2.56. The summed E-state index contributed by atoms with van der Waals surface area (Å²) in [4.78, 5) is 0. The lowest BCUT2D eigenvalue weighted by Crippen LogP contribution is -2.33. The van der Waals surface area contributed by atoms with Gasteiger partial charge in [0.25, 0.3) is 0 Å². The van der Waals surface area contributed by atoms with Crippen molar-refractivity contribution < 1.29 is 18.3 Å². The molecule has 0 aromatic carbocycles. The highest BCUT2D eigenvalue weighted by Gasteiger charge is 2.28. The van der Waals surface area contributed by atoms with Crippen LogP contribution in [0.1, 0.15) is 11.6 Å². The number of rotatable bonds is 4. The fraction of sp³-hybridized carbons (Fsp3) is 0.500. The van der Waals surface area contributed by atoms with Crippen LogP contribution in [0.4, 0.5) is 13.2 Å². The van der Waals surface area contributed by atoms with Crippen LogP contribution in [0, 0.1) is 0 Å². The van der Waals surface area contributed by atoms with Crippen molar-refractivity contribution in [3.63, 3.8) is 0 Å². The SMILES string of the molecule is OCC(NCC(F)(F)F)c1ccsc1. The van der Waals surface area contributed by atoms with Crippen LogP contribution in [0.2, 0.25) is 0 Å². The number of nitrogens with one attached hydrogen (secondary N) is 1. The van der Waals surface area contributed by atoms with E-state index in [1.54, 1.807) is 16.8 Å².